The van der Waals surface area contributed by atoms with Crippen molar-refractivity contribution in [3.63, 3.8) is 0 Å². The van der Waals surface area contributed by atoms with E-state index in [9.17, 15) is 9.59 Å². The van der Waals surface area contributed by atoms with Gasteiger partial charge in [0.2, 0.25) is 0 Å². The lowest BCUT2D eigenvalue weighted by molar-refractivity contribution is -0.671. The number of nitrogens with one attached hydrogen (secondary N) is 2. The molecule has 26 heavy (non-hydrogen) atoms. The monoisotopic (exact) mass is 582 g/mol. The van der Waals surface area contributed by atoms with Gasteiger partial charge in [0.05, 0.1) is 0 Å². The quantitative estimate of drug-likeness (QED) is 0.195. The number of amides is 2. The zero-order valence-electron chi connectivity index (χ0n) is 14.9. The minimum absolute atomic E-state index is 0. The van der Waals surface area contributed by atoms with E-state index in [-0.39, 0.29) is 59.8 Å². The van der Waals surface area contributed by atoms with Gasteiger partial charge >= 0.3 is 0 Å². The SMILES string of the molecule is C[n+]1cccc(C(=O)NCCCCNC(=O)c2ccc[n+](C)c2)c1.[I-].[I-]. The van der Waals surface area contributed by atoms with E-state index < -0.39 is 0 Å². The summed E-state index contributed by atoms with van der Waals surface area (Å²) in [6, 6.07) is 7.26. The molecule has 2 aromatic heterocycles. The summed E-state index contributed by atoms with van der Waals surface area (Å²) >= 11 is 0. The van der Waals surface area contributed by atoms with Gasteiger partial charge in [-0.05, 0) is 25.0 Å². The van der Waals surface area contributed by atoms with Crippen LogP contribution in [0.1, 0.15) is 33.6 Å². The summed E-state index contributed by atoms with van der Waals surface area (Å²) in [7, 11) is 3.76. The number of nitrogens with zero attached hydrogens (tertiary/aromatic N) is 2. The summed E-state index contributed by atoms with van der Waals surface area (Å²) < 4.78 is 3.68. The zero-order valence-corrected chi connectivity index (χ0v) is 19.2. The number of hydrogen-bond donors (Lipinski definition) is 2. The number of unbranched alkanes of at least 4 members (excludes halogenated alkanes) is 1. The van der Waals surface area contributed by atoms with E-state index in [0.717, 1.165) is 12.8 Å². The highest BCUT2D eigenvalue weighted by atomic mass is 127. The molecule has 0 saturated heterocycles. The van der Waals surface area contributed by atoms with Crippen LogP contribution in [0.3, 0.4) is 0 Å². The predicted molar refractivity (Wildman–Crippen MR) is 89.1 cm³/mol. The number of aromatic nitrogens is 2. The molecule has 0 fully saturated rings. The number of carbonyl (C=O) groups is 2. The van der Waals surface area contributed by atoms with Gasteiger partial charge in [0.15, 0.2) is 24.8 Å². The van der Waals surface area contributed by atoms with Gasteiger partial charge in [-0.2, -0.15) is 0 Å². The second-order valence-electron chi connectivity index (χ2n) is 5.74. The normalized spacial score (nSPS) is 9.46. The minimum Gasteiger partial charge on any atom is -1.00 e. The number of hydrogen-bond acceptors (Lipinski definition) is 2. The fraction of sp³-hybridized carbons (Fsp3) is 0.333. The van der Waals surface area contributed by atoms with Crippen LogP contribution >= 0.6 is 0 Å². The average molecular weight is 582 g/mol. The molecule has 0 unspecified atom stereocenters. The van der Waals surface area contributed by atoms with Gasteiger partial charge in [-0.15, -0.1) is 0 Å². The van der Waals surface area contributed by atoms with E-state index in [1.165, 1.54) is 0 Å². The van der Waals surface area contributed by atoms with Crippen LogP contribution in [0, 0.1) is 0 Å². The highest BCUT2D eigenvalue weighted by Gasteiger charge is 2.09. The number of aryl methyl sites for hydroxylation is 2. The van der Waals surface area contributed by atoms with E-state index in [1.54, 1.807) is 24.5 Å². The maximum absolute atomic E-state index is 12.0. The Morgan fingerprint density at radius 3 is 1.54 bits per heavy atom. The molecular formula is C18H24I2N4O2. The Morgan fingerprint density at radius 1 is 0.808 bits per heavy atom. The van der Waals surface area contributed by atoms with Crippen LogP contribution in [0.15, 0.2) is 49.1 Å². The maximum Gasteiger partial charge on any atom is 0.257 e. The van der Waals surface area contributed by atoms with Gasteiger partial charge in [0.25, 0.3) is 11.8 Å². The van der Waals surface area contributed by atoms with Crippen molar-refractivity contribution >= 4 is 11.8 Å². The first kappa shape index (κ1) is 24.7. The fourth-order valence-electron chi connectivity index (χ4n) is 2.30. The molecule has 142 valence electrons. The molecule has 0 atom stereocenters. The second kappa shape index (κ2) is 13.0. The van der Waals surface area contributed by atoms with Gasteiger partial charge in [0, 0.05) is 25.2 Å². The molecule has 0 aliphatic rings. The summed E-state index contributed by atoms with van der Waals surface area (Å²) in [6.07, 6.45) is 8.96. The predicted octanol–water partition coefficient (Wildman–Crippen LogP) is -5.72. The Labute approximate surface area is 188 Å². The number of rotatable bonds is 7. The highest BCUT2D eigenvalue weighted by molar-refractivity contribution is 5.94. The van der Waals surface area contributed by atoms with Crippen LogP contribution in [0.2, 0.25) is 0 Å². The summed E-state index contributed by atoms with van der Waals surface area (Å²) in [5, 5.41) is 5.77. The topological polar surface area (TPSA) is 66.0 Å². The molecule has 2 heterocycles. The molecule has 2 N–H and O–H groups in total. The molecule has 2 amide bonds. The third-order valence-corrected chi connectivity index (χ3v) is 3.58. The standard InChI is InChI=1S/C18H22N4O2.2HI/c1-21-11-5-7-15(13-21)17(23)19-9-3-4-10-20-18(24)16-8-6-12-22(2)14-16;;/h5-8,11-14H,3-4,9-10H2,1-2H3;2*1H. The molecule has 0 spiro atoms. The number of pyridine rings is 2. The summed E-state index contributed by atoms with van der Waals surface area (Å²) in [4.78, 5) is 23.9. The summed E-state index contributed by atoms with van der Waals surface area (Å²) in [6.45, 7) is 1.18. The largest absolute Gasteiger partial charge is 1.00 e. The first-order chi connectivity index (χ1) is 11.6. The van der Waals surface area contributed by atoms with Crippen LogP contribution in [0.25, 0.3) is 0 Å². The Balaban J connectivity index is 0.00000312. The summed E-state index contributed by atoms with van der Waals surface area (Å²) in [5.41, 5.74) is 1.29. The van der Waals surface area contributed by atoms with Crippen LogP contribution in [0.5, 0.6) is 0 Å². The first-order valence-corrected chi connectivity index (χ1v) is 8.03. The van der Waals surface area contributed by atoms with E-state index in [0.29, 0.717) is 24.2 Å². The third-order valence-electron chi connectivity index (χ3n) is 3.58. The Hall–Kier alpha value is -1.30. The van der Waals surface area contributed by atoms with E-state index in [4.69, 9.17) is 0 Å². The van der Waals surface area contributed by atoms with Crippen molar-refractivity contribution in [3.8, 4) is 0 Å². The second-order valence-corrected chi connectivity index (χ2v) is 5.74. The molecule has 0 radical (unpaired) electrons. The molecule has 0 aromatic carbocycles. The zero-order chi connectivity index (χ0) is 17.4. The van der Waals surface area contributed by atoms with Crippen molar-refractivity contribution in [1.29, 1.82) is 0 Å². The molecular weight excluding hydrogens is 558 g/mol. The van der Waals surface area contributed by atoms with Crippen molar-refractivity contribution in [2.24, 2.45) is 14.1 Å². The van der Waals surface area contributed by atoms with Crippen LogP contribution < -0.4 is 67.7 Å². The fourth-order valence-corrected chi connectivity index (χ4v) is 2.30. The van der Waals surface area contributed by atoms with E-state index in [2.05, 4.69) is 10.6 Å². The van der Waals surface area contributed by atoms with Gasteiger partial charge in [-0.1, -0.05) is 0 Å². The van der Waals surface area contributed by atoms with Crippen molar-refractivity contribution in [1.82, 2.24) is 10.6 Å². The van der Waals surface area contributed by atoms with Crippen molar-refractivity contribution < 1.29 is 66.7 Å². The molecule has 8 heteroatoms. The molecule has 6 nitrogen and oxygen atoms in total. The lowest BCUT2D eigenvalue weighted by atomic mass is 10.2. The highest BCUT2D eigenvalue weighted by Crippen LogP contribution is 1.96. The molecule has 0 bridgehead atoms. The van der Waals surface area contributed by atoms with Crippen molar-refractivity contribution in [2.45, 2.75) is 12.8 Å². The van der Waals surface area contributed by atoms with Crippen LogP contribution in [-0.2, 0) is 14.1 Å². The van der Waals surface area contributed by atoms with Crippen molar-refractivity contribution in [3.05, 3.63) is 60.2 Å². The van der Waals surface area contributed by atoms with Gasteiger partial charge in [0.1, 0.15) is 25.2 Å². The Morgan fingerprint density at radius 2 is 1.19 bits per heavy atom. The molecule has 2 aromatic rings. The molecule has 0 aliphatic heterocycles. The lowest BCUT2D eigenvalue weighted by Gasteiger charge is -2.06. The van der Waals surface area contributed by atoms with E-state index in [1.807, 2.05) is 47.8 Å². The van der Waals surface area contributed by atoms with Crippen LogP contribution in [-0.4, -0.2) is 24.9 Å². The number of carbonyl (C=O) groups excluding carboxylic acids is 2. The van der Waals surface area contributed by atoms with Gasteiger partial charge < -0.3 is 58.6 Å². The smallest absolute Gasteiger partial charge is 0.257 e. The van der Waals surface area contributed by atoms with E-state index >= 15 is 0 Å². The molecule has 2 rings (SSSR count). The Kier molecular flexibility index (Phi) is 12.3. The number of halogens is 2. The van der Waals surface area contributed by atoms with Gasteiger partial charge in [-0.3, -0.25) is 9.59 Å². The van der Waals surface area contributed by atoms with Crippen molar-refractivity contribution in [2.75, 3.05) is 13.1 Å². The third kappa shape index (κ3) is 8.39. The average Bonchev–Trinajstić information content (AvgIpc) is 2.57. The first-order valence-electron chi connectivity index (χ1n) is 8.03. The lowest BCUT2D eigenvalue weighted by Crippen LogP contribution is -3.00. The minimum atomic E-state index is -0.0768. The Bertz CT molecular complexity index is 664. The van der Waals surface area contributed by atoms with Gasteiger partial charge in [-0.25, -0.2) is 9.13 Å². The maximum atomic E-state index is 12.0. The molecule has 0 aliphatic carbocycles. The molecule has 0 saturated carbocycles. The summed E-state index contributed by atoms with van der Waals surface area (Å²) in [5.74, 6) is -0.154. The van der Waals surface area contributed by atoms with Crippen LogP contribution in [0.4, 0.5) is 0 Å².